The second-order valence-corrected chi connectivity index (χ2v) is 17.6. The van der Waals surface area contributed by atoms with Gasteiger partial charge in [-0.25, -0.2) is 0 Å². The van der Waals surface area contributed by atoms with Crippen molar-refractivity contribution >= 4 is 5.97 Å². The molecular weight excluding hydrogens is 670 g/mol. The van der Waals surface area contributed by atoms with Gasteiger partial charge in [0.1, 0.15) is 41.4 Å². The second-order valence-electron chi connectivity index (χ2n) is 17.6. The molecule has 4 rings (SSSR count). The van der Waals surface area contributed by atoms with Crippen LogP contribution in [0.4, 0.5) is 0 Å². The van der Waals surface area contributed by atoms with Crippen LogP contribution in [0.2, 0.25) is 0 Å². The summed E-state index contributed by atoms with van der Waals surface area (Å²) in [4.78, 5) is 16.6. The Labute approximate surface area is 312 Å². The third kappa shape index (κ3) is 8.40. The van der Waals surface area contributed by atoms with Crippen molar-refractivity contribution in [2.45, 2.75) is 199 Å². The first-order valence-corrected chi connectivity index (χ1v) is 19.6. The number of carbonyl (C=O) groups is 1. The summed E-state index contributed by atoms with van der Waals surface area (Å²) < 4.78 is 38.9. The molecule has 12 heteroatoms. The summed E-state index contributed by atoms with van der Waals surface area (Å²) in [6.07, 6.45) is -4.61. The molecule has 2 bridgehead atoms. The van der Waals surface area contributed by atoms with Gasteiger partial charge < -0.3 is 48.8 Å². The fourth-order valence-electron chi connectivity index (χ4n) is 9.64. The van der Waals surface area contributed by atoms with Gasteiger partial charge in [-0.05, 0) is 99.1 Å². The van der Waals surface area contributed by atoms with Crippen LogP contribution >= 0.6 is 0 Å². The van der Waals surface area contributed by atoms with Gasteiger partial charge in [0.15, 0.2) is 6.29 Å². The molecule has 4 heterocycles. The lowest BCUT2D eigenvalue weighted by Gasteiger charge is -2.49. The van der Waals surface area contributed by atoms with E-state index in [1.54, 1.807) is 14.0 Å². The molecule has 4 aliphatic rings. The minimum Gasteiger partial charge on any atom is -0.488 e. The molecular formula is C40H71NO11. The van der Waals surface area contributed by atoms with Gasteiger partial charge in [0, 0.05) is 32.0 Å². The fraction of sp³-hybridized carbons (Fsp3) is 0.925. The van der Waals surface area contributed by atoms with Crippen LogP contribution in [0.25, 0.3) is 0 Å². The lowest BCUT2D eigenvalue weighted by Crippen LogP contribution is -2.60. The highest BCUT2D eigenvalue weighted by Gasteiger charge is 2.56. The number of hydrogen-bond acceptors (Lipinski definition) is 12. The minimum absolute atomic E-state index is 0.182. The number of aliphatic hydroxyl groups is 4. The Morgan fingerprint density at radius 3 is 2.29 bits per heavy atom. The molecule has 12 nitrogen and oxygen atoms in total. The standard InChI is InChI=1S/C40H71NO11/c1-15-30(42)40(12,46)35-25(8)32-21(4)18-39(11,52-32)34(51-37-31(43)29(16-22(5)48-37)41(13)20(2)3)23(6)28(24(7)36(45)50-35)17-27-19-38(10,47-14)33(44)26(9)49-27/h20,22-31,33-35,37,42-44,46H,15-19H2,1-14H3/t22-,23+,24+,25+,26+,27+,28-,29+,30-,31-,33+,34-,35-,37?,38-,39-,40-/m1/s1. The first-order valence-electron chi connectivity index (χ1n) is 19.6. The number of esters is 1. The molecule has 0 radical (unpaired) electrons. The number of cyclic esters (lactones) is 1. The summed E-state index contributed by atoms with van der Waals surface area (Å²) in [5.41, 5.74) is -2.68. The molecule has 4 aliphatic heterocycles. The molecule has 0 spiro atoms. The number of likely N-dealkylation sites (N-methyl/N-ethyl adjacent to an activating group) is 1. The largest absolute Gasteiger partial charge is 0.488 e. The van der Waals surface area contributed by atoms with Gasteiger partial charge in [-0.1, -0.05) is 27.7 Å². The summed E-state index contributed by atoms with van der Waals surface area (Å²) in [5, 5.41) is 45.7. The number of fused-ring (bicyclic) bond motifs is 2. The van der Waals surface area contributed by atoms with Crippen LogP contribution in [0.3, 0.4) is 0 Å². The third-order valence-electron chi connectivity index (χ3n) is 13.2. The summed E-state index contributed by atoms with van der Waals surface area (Å²) >= 11 is 0. The maximum Gasteiger partial charge on any atom is 0.309 e. The van der Waals surface area contributed by atoms with Gasteiger partial charge in [-0.3, -0.25) is 9.69 Å². The lowest BCUT2D eigenvalue weighted by molar-refractivity contribution is -0.298. The zero-order valence-electron chi connectivity index (χ0n) is 34.3. The Hall–Kier alpha value is -1.35. The van der Waals surface area contributed by atoms with Crippen molar-refractivity contribution in [2.75, 3.05) is 14.2 Å². The maximum absolute atomic E-state index is 14.4. The highest BCUT2D eigenvalue weighted by Crippen LogP contribution is 2.49. The third-order valence-corrected chi connectivity index (χ3v) is 13.2. The van der Waals surface area contributed by atoms with E-state index in [9.17, 15) is 25.2 Å². The highest BCUT2D eigenvalue weighted by atomic mass is 16.7. The molecule has 0 aliphatic carbocycles. The van der Waals surface area contributed by atoms with Crippen molar-refractivity contribution in [3.05, 3.63) is 11.3 Å². The average Bonchev–Trinajstić information content (AvgIpc) is 3.40. The predicted molar refractivity (Wildman–Crippen MR) is 196 cm³/mol. The molecule has 0 aromatic heterocycles. The smallest absolute Gasteiger partial charge is 0.309 e. The Bertz CT molecular complexity index is 1260. The number of ether oxygens (including phenoxy) is 6. The van der Waals surface area contributed by atoms with E-state index in [0.717, 1.165) is 5.57 Å². The van der Waals surface area contributed by atoms with E-state index in [4.69, 9.17) is 28.4 Å². The fourth-order valence-corrected chi connectivity index (χ4v) is 9.64. The van der Waals surface area contributed by atoms with E-state index >= 15 is 0 Å². The molecule has 0 aromatic carbocycles. The van der Waals surface area contributed by atoms with Gasteiger partial charge in [0.25, 0.3) is 0 Å². The first kappa shape index (κ1) is 43.4. The topological polar surface area (TPSA) is 157 Å². The van der Waals surface area contributed by atoms with Crippen molar-refractivity contribution in [2.24, 2.45) is 23.7 Å². The summed E-state index contributed by atoms with van der Waals surface area (Å²) in [7, 11) is 3.59. The van der Waals surface area contributed by atoms with Crippen LogP contribution in [-0.2, 0) is 33.2 Å². The zero-order chi connectivity index (χ0) is 39.2. The summed E-state index contributed by atoms with van der Waals surface area (Å²) in [6.45, 7) is 22.9. The van der Waals surface area contributed by atoms with Crippen molar-refractivity contribution in [1.29, 1.82) is 0 Å². The molecule has 3 fully saturated rings. The van der Waals surface area contributed by atoms with Crippen molar-refractivity contribution < 1.29 is 53.6 Å². The molecule has 0 aromatic rings. The Morgan fingerprint density at radius 2 is 1.71 bits per heavy atom. The molecule has 52 heavy (non-hydrogen) atoms. The zero-order valence-corrected chi connectivity index (χ0v) is 34.3. The molecule has 17 atom stereocenters. The molecule has 3 saturated heterocycles. The van der Waals surface area contributed by atoms with Gasteiger partial charge in [0.05, 0.1) is 41.9 Å². The first-order chi connectivity index (χ1) is 24.0. The molecule has 1 unspecified atom stereocenters. The van der Waals surface area contributed by atoms with Gasteiger partial charge in [-0.2, -0.15) is 0 Å². The van der Waals surface area contributed by atoms with Crippen LogP contribution in [-0.4, -0.2) is 129 Å². The maximum atomic E-state index is 14.4. The van der Waals surface area contributed by atoms with Crippen molar-refractivity contribution in [3.63, 3.8) is 0 Å². The number of rotatable bonds is 10. The van der Waals surface area contributed by atoms with Crippen LogP contribution in [0.5, 0.6) is 0 Å². The normalized spacial score (nSPS) is 45.3. The van der Waals surface area contributed by atoms with Gasteiger partial charge in [-0.15, -0.1) is 0 Å². The summed E-state index contributed by atoms with van der Waals surface area (Å²) in [6, 6.07) is -0.0113. The molecule has 0 amide bonds. The van der Waals surface area contributed by atoms with Crippen LogP contribution < -0.4 is 0 Å². The second kappa shape index (κ2) is 16.4. The summed E-state index contributed by atoms with van der Waals surface area (Å²) in [5.74, 6) is -2.04. The van der Waals surface area contributed by atoms with E-state index in [1.807, 2.05) is 62.4 Å². The number of aliphatic hydroxyl groups excluding tert-OH is 3. The number of methoxy groups -OCH3 is 1. The van der Waals surface area contributed by atoms with Crippen LogP contribution in [0.15, 0.2) is 11.3 Å². The van der Waals surface area contributed by atoms with Crippen molar-refractivity contribution in [3.8, 4) is 0 Å². The molecule has 4 N–H and O–H groups in total. The van der Waals surface area contributed by atoms with E-state index < -0.39 is 83.4 Å². The predicted octanol–water partition coefficient (Wildman–Crippen LogP) is 4.33. The molecule has 302 valence electrons. The Balaban J connectivity index is 1.83. The van der Waals surface area contributed by atoms with E-state index in [2.05, 4.69) is 18.7 Å². The number of nitrogens with zero attached hydrogens (tertiary/aromatic N) is 1. The number of carbonyl (C=O) groups excluding carboxylic acids is 1. The quantitative estimate of drug-likeness (QED) is 0.236. The Morgan fingerprint density at radius 1 is 1.08 bits per heavy atom. The number of hydrogen-bond donors (Lipinski definition) is 4. The molecule has 0 saturated carbocycles. The van der Waals surface area contributed by atoms with E-state index in [1.165, 1.54) is 6.92 Å². The van der Waals surface area contributed by atoms with E-state index in [0.29, 0.717) is 31.4 Å². The van der Waals surface area contributed by atoms with Gasteiger partial charge in [0.2, 0.25) is 0 Å². The van der Waals surface area contributed by atoms with Crippen molar-refractivity contribution in [1.82, 2.24) is 4.90 Å². The lowest BCUT2D eigenvalue weighted by atomic mass is 9.71. The van der Waals surface area contributed by atoms with Crippen LogP contribution in [0.1, 0.15) is 115 Å². The van der Waals surface area contributed by atoms with E-state index in [-0.39, 0.29) is 36.6 Å². The van der Waals surface area contributed by atoms with Crippen LogP contribution in [0, 0.1) is 23.7 Å². The monoisotopic (exact) mass is 742 g/mol. The SMILES string of the molecule is CC[C@@H](O)[C@@](C)(O)[C@@H]1OC(=O)[C@@H](C)[C@H](C[C@H]2C[C@@](C)(OC)[C@@H](O)[C@H](C)O2)[C@H](C)[C@@H](OC2O[C@H](C)C[C@H](N(C)C(C)C)[C@H]2O)[C@@]2(C)CC(C)=C(O2)[C@@H]1C. The van der Waals surface area contributed by atoms with Gasteiger partial charge >= 0.3 is 5.97 Å². The highest BCUT2D eigenvalue weighted by molar-refractivity contribution is 5.73. The average molecular weight is 742 g/mol. The Kier molecular flexibility index (Phi) is 13.7. The minimum atomic E-state index is -1.78.